The first kappa shape index (κ1) is 19.6. The number of ether oxygens (including phenoxy) is 4. The van der Waals surface area contributed by atoms with Crippen LogP contribution in [-0.4, -0.2) is 46.8 Å². The Balaban J connectivity index is 2.17. The molecule has 0 spiro atoms. The first-order chi connectivity index (χ1) is 10.5. The van der Waals surface area contributed by atoms with E-state index in [9.17, 15) is 0 Å². The van der Waals surface area contributed by atoms with E-state index in [1.165, 1.54) is 9.75 Å². The van der Waals surface area contributed by atoms with Crippen LogP contribution in [-0.2, 0) is 24.5 Å². The molecule has 1 rings (SSSR count). The lowest BCUT2D eigenvalue weighted by Gasteiger charge is -2.24. The monoisotopic (exact) mass is 330 g/mol. The first-order valence-electron chi connectivity index (χ1n) is 7.86. The molecule has 0 fully saturated rings. The van der Waals surface area contributed by atoms with Crippen LogP contribution >= 0.6 is 11.3 Å². The van der Waals surface area contributed by atoms with Crippen molar-refractivity contribution in [3.05, 3.63) is 21.9 Å². The second-order valence-corrected chi connectivity index (χ2v) is 7.05. The molecule has 1 aromatic heterocycles. The Bertz CT molecular complexity index is 401. The normalized spacial score (nSPS) is 12.3. The Morgan fingerprint density at radius 1 is 0.955 bits per heavy atom. The quantitative estimate of drug-likeness (QED) is 0.546. The Morgan fingerprint density at radius 3 is 2.09 bits per heavy atom. The maximum atomic E-state index is 5.98. The summed E-state index contributed by atoms with van der Waals surface area (Å²) in [7, 11) is 1.66. The van der Waals surface area contributed by atoms with Crippen molar-refractivity contribution in [3.63, 3.8) is 0 Å². The molecular weight excluding hydrogens is 300 g/mol. The minimum Gasteiger partial charge on any atom is -0.382 e. The fraction of sp³-hybridized carbons (Fsp3) is 0.765. The van der Waals surface area contributed by atoms with Crippen LogP contribution in [0.25, 0.3) is 0 Å². The molecule has 22 heavy (non-hydrogen) atoms. The Hall–Kier alpha value is -0.460. The van der Waals surface area contributed by atoms with Gasteiger partial charge in [0.1, 0.15) is 0 Å². The molecular formula is C17H30O4S. The highest BCUT2D eigenvalue weighted by atomic mass is 32.1. The van der Waals surface area contributed by atoms with Crippen LogP contribution in [0.4, 0.5) is 0 Å². The highest BCUT2D eigenvalue weighted by molar-refractivity contribution is 7.12. The van der Waals surface area contributed by atoms with Crippen LogP contribution < -0.4 is 0 Å². The number of hydrogen-bond donors (Lipinski definition) is 0. The largest absolute Gasteiger partial charge is 0.382 e. The average Bonchev–Trinajstić information content (AvgIpc) is 2.96. The molecule has 0 aliphatic heterocycles. The van der Waals surface area contributed by atoms with Gasteiger partial charge < -0.3 is 18.9 Å². The van der Waals surface area contributed by atoms with Crippen molar-refractivity contribution < 1.29 is 18.9 Å². The minimum atomic E-state index is -0.268. The average molecular weight is 330 g/mol. The van der Waals surface area contributed by atoms with Gasteiger partial charge in [-0.05, 0) is 31.9 Å². The van der Waals surface area contributed by atoms with E-state index in [0.29, 0.717) is 45.6 Å². The number of rotatable bonds is 12. The van der Waals surface area contributed by atoms with Crippen LogP contribution in [0, 0.1) is 0 Å². The van der Waals surface area contributed by atoms with Gasteiger partial charge in [0.15, 0.2) is 0 Å². The third-order valence-corrected chi connectivity index (χ3v) is 4.97. The SMILES string of the molecule is COCCOCCOCCOC(C)(C)c1ccc(C(C)C)s1. The molecule has 0 saturated carbocycles. The van der Waals surface area contributed by atoms with Crippen molar-refractivity contribution in [2.75, 3.05) is 46.8 Å². The summed E-state index contributed by atoms with van der Waals surface area (Å²) >= 11 is 1.83. The van der Waals surface area contributed by atoms with Crippen LogP contribution in [0.15, 0.2) is 12.1 Å². The fourth-order valence-electron chi connectivity index (χ4n) is 1.88. The third kappa shape index (κ3) is 7.20. The van der Waals surface area contributed by atoms with Crippen LogP contribution in [0.5, 0.6) is 0 Å². The molecule has 0 bridgehead atoms. The van der Waals surface area contributed by atoms with E-state index in [-0.39, 0.29) is 5.60 Å². The summed E-state index contributed by atoms with van der Waals surface area (Å²) in [6.45, 7) is 12.2. The first-order valence-corrected chi connectivity index (χ1v) is 8.67. The second-order valence-electron chi connectivity index (χ2n) is 5.93. The van der Waals surface area contributed by atoms with Crippen LogP contribution in [0.1, 0.15) is 43.4 Å². The summed E-state index contributed by atoms with van der Waals surface area (Å²) in [5, 5.41) is 0. The van der Waals surface area contributed by atoms with E-state index in [2.05, 4.69) is 39.8 Å². The summed E-state index contributed by atoms with van der Waals surface area (Å²) in [5.74, 6) is 0.566. The number of hydrogen-bond acceptors (Lipinski definition) is 5. The van der Waals surface area contributed by atoms with Crippen molar-refractivity contribution in [1.82, 2.24) is 0 Å². The lowest BCUT2D eigenvalue weighted by atomic mass is 10.1. The lowest BCUT2D eigenvalue weighted by molar-refractivity contribution is -0.0549. The molecule has 0 N–H and O–H groups in total. The predicted molar refractivity (Wildman–Crippen MR) is 90.9 cm³/mol. The van der Waals surface area contributed by atoms with E-state index >= 15 is 0 Å². The molecule has 0 aliphatic rings. The topological polar surface area (TPSA) is 36.9 Å². The number of thiophene rings is 1. The molecule has 128 valence electrons. The predicted octanol–water partition coefficient (Wildman–Crippen LogP) is 3.80. The van der Waals surface area contributed by atoms with Gasteiger partial charge >= 0.3 is 0 Å². The van der Waals surface area contributed by atoms with E-state index in [4.69, 9.17) is 18.9 Å². The summed E-state index contributed by atoms with van der Waals surface area (Å²) < 4.78 is 21.7. The molecule has 0 aromatic carbocycles. The molecule has 5 heteroatoms. The van der Waals surface area contributed by atoms with Gasteiger partial charge in [-0.25, -0.2) is 0 Å². The standard InChI is InChI=1S/C17H30O4S/c1-14(2)15-6-7-16(22-15)17(3,4)21-13-12-20-11-10-19-9-8-18-5/h6-7,14H,8-13H2,1-5H3. The summed E-state index contributed by atoms with van der Waals surface area (Å²) in [4.78, 5) is 2.66. The molecule has 0 amide bonds. The summed E-state index contributed by atoms with van der Waals surface area (Å²) in [6.07, 6.45) is 0. The lowest BCUT2D eigenvalue weighted by Crippen LogP contribution is -2.23. The Labute approximate surface area is 138 Å². The maximum absolute atomic E-state index is 5.98. The highest BCUT2D eigenvalue weighted by Crippen LogP contribution is 2.33. The van der Waals surface area contributed by atoms with E-state index in [0.717, 1.165) is 0 Å². The molecule has 0 aliphatic carbocycles. The van der Waals surface area contributed by atoms with Gasteiger partial charge in [-0.2, -0.15) is 0 Å². The van der Waals surface area contributed by atoms with Gasteiger partial charge in [0.25, 0.3) is 0 Å². The zero-order chi connectivity index (χ0) is 16.4. The zero-order valence-electron chi connectivity index (χ0n) is 14.5. The molecule has 1 aromatic rings. The second kappa shape index (κ2) is 10.3. The van der Waals surface area contributed by atoms with Crippen molar-refractivity contribution in [2.45, 2.75) is 39.2 Å². The van der Waals surface area contributed by atoms with Crippen molar-refractivity contribution in [3.8, 4) is 0 Å². The molecule has 4 nitrogen and oxygen atoms in total. The van der Waals surface area contributed by atoms with E-state index < -0.39 is 0 Å². The van der Waals surface area contributed by atoms with Gasteiger partial charge in [0.2, 0.25) is 0 Å². The maximum Gasteiger partial charge on any atom is 0.0967 e. The Morgan fingerprint density at radius 2 is 1.55 bits per heavy atom. The van der Waals surface area contributed by atoms with Crippen molar-refractivity contribution in [2.24, 2.45) is 0 Å². The van der Waals surface area contributed by atoms with Gasteiger partial charge in [0, 0.05) is 16.9 Å². The Kier molecular flexibility index (Phi) is 9.21. The van der Waals surface area contributed by atoms with E-state index in [1.807, 2.05) is 11.3 Å². The number of methoxy groups -OCH3 is 1. The van der Waals surface area contributed by atoms with Crippen molar-refractivity contribution >= 4 is 11.3 Å². The summed E-state index contributed by atoms with van der Waals surface area (Å²) in [6, 6.07) is 4.37. The smallest absolute Gasteiger partial charge is 0.0967 e. The van der Waals surface area contributed by atoms with E-state index in [1.54, 1.807) is 7.11 Å². The molecule has 0 atom stereocenters. The molecule has 0 unspecified atom stereocenters. The molecule has 0 radical (unpaired) electrons. The van der Waals surface area contributed by atoms with Crippen LogP contribution in [0.3, 0.4) is 0 Å². The van der Waals surface area contributed by atoms with Gasteiger partial charge in [0.05, 0.1) is 45.2 Å². The third-order valence-electron chi connectivity index (χ3n) is 3.28. The van der Waals surface area contributed by atoms with Gasteiger partial charge in [-0.15, -0.1) is 11.3 Å². The minimum absolute atomic E-state index is 0.268. The highest BCUT2D eigenvalue weighted by Gasteiger charge is 2.23. The van der Waals surface area contributed by atoms with Crippen LogP contribution in [0.2, 0.25) is 0 Å². The molecule has 1 heterocycles. The zero-order valence-corrected chi connectivity index (χ0v) is 15.3. The van der Waals surface area contributed by atoms with Crippen molar-refractivity contribution in [1.29, 1.82) is 0 Å². The van der Waals surface area contributed by atoms with Gasteiger partial charge in [-0.1, -0.05) is 13.8 Å². The summed E-state index contributed by atoms with van der Waals surface area (Å²) in [5.41, 5.74) is -0.268. The fourth-order valence-corrected chi connectivity index (χ4v) is 2.94. The van der Waals surface area contributed by atoms with Gasteiger partial charge in [-0.3, -0.25) is 0 Å². The molecule has 0 saturated heterocycles.